The van der Waals surface area contributed by atoms with Crippen molar-refractivity contribution < 1.29 is 18.3 Å². The predicted octanol–water partition coefficient (Wildman–Crippen LogP) is 1.36. The number of H-pyrrole nitrogens is 1. The first-order chi connectivity index (χ1) is 8.01. The number of carbonyl (C=O) groups excluding carboxylic acids is 1. The molecule has 0 amide bonds. The molecule has 0 aliphatic carbocycles. The molecule has 0 unspecified atom stereocenters. The molecule has 0 radical (unpaired) electrons. The number of hydrogen-bond acceptors (Lipinski definition) is 4. The van der Waals surface area contributed by atoms with Gasteiger partial charge < -0.3 is 9.72 Å². The maximum absolute atomic E-state index is 12.5. The lowest BCUT2D eigenvalue weighted by Gasteiger charge is -2.05. The summed E-state index contributed by atoms with van der Waals surface area (Å²) in [6.07, 6.45) is -3.08. The van der Waals surface area contributed by atoms with Gasteiger partial charge in [0.2, 0.25) is 0 Å². The Hall–Kier alpha value is -2.23. The summed E-state index contributed by atoms with van der Waals surface area (Å²) >= 11 is 0. The van der Waals surface area contributed by atoms with Gasteiger partial charge in [0.05, 0.1) is 12.2 Å². The van der Waals surface area contributed by atoms with Gasteiger partial charge >= 0.3 is 5.97 Å². The van der Waals surface area contributed by atoms with E-state index in [1.165, 1.54) is 6.07 Å². The van der Waals surface area contributed by atoms with Crippen LogP contribution < -0.4 is 5.43 Å². The van der Waals surface area contributed by atoms with Gasteiger partial charge in [0.25, 0.3) is 6.43 Å². The fraction of sp³-hybridized carbons (Fsp3) is 0.300. The highest BCUT2D eigenvalue weighted by Gasteiger charge is 2.21. The second-order valence-corrected chi connectivity index (χ2v) is 2.97. The van der Waals surface area contributed by atoms with Crippen molar-refractivity contribution in [3.05, 3.63) is 33.2 Å². The lowest BCUT2D eigenvalue weighted by Crippen LogP contribution is -2.18. The summed E-state index contributed by atoms with van der Waals surface area (Å²) in [6, 6.07) is 2.11. The molecule has 1 N–H and O–H groups in total. The molecule has 1 heterocycles. The van der Waals surface area contributed by atoms with Gasteiger partial charge in [-0.2, -0.15) is 5.26 Å². The molecule has 0 spiro atoms. The normalized spacial score (nSPS) is 10.1. The van der Waals surface area contributed by atoms with Crippen molar-refractivity contribution in [1.82, 2.24) is 4.98 Å². The van der Waals surface area contributed by atoms with Crippen molar-refractivity contribution in [3.8, 4) is 6.07 Å². The molecule has 0 aromatic carbocycles. The lowest BCUT2D eigenvalue weighted by atomic mass is 10.2. The molecule has 1 aromatic heterocycles. The fourth-order valence-electron chi connectivity index (χ4n) is 1.19. The van der Waals surface area contributed by atoms with Crippen molar-refractivity contribution in [1.29, 1.82) is 5.26 Å². The summed E-state index contributed by atoms with van der Waals surface area (Å²) in [4.78, 5) is 24.7. The van der Waals surface area contributed by atoms with Crippen LogP contribution >= 0.6 is 0 Å². The summed E-state index contributed by atoms with van der Waals surface area (Å²) in [5.74, 6) is -0.873. The van der Waals surface area contributed by atoms with E-state index in [1.807, 2.05) is 0 Å². The smallest absolute Gasteiger partial charge is 0.354 e. The van der Waals surface area contributed by atoms with Crippen LogP contribution in [0.1, 0.15) is 35.1 Å². The van der Waals surface area contributed by atoms with Crippen LogP contribution in [0.15, 0.2) is 10.9 Å². The number of rotatable bonds is 3. The molecule has 5 nitrogen and oxygen atoms in total. The van der Waals surface area contributed by atoms with Crippen molar-refractivity contribution >= 4 is 5.97 Å². The molecular formula is C10H8F2N2O3. The van der Waals surface area contributed by atoms with Gasteiger partial charge in [-0.3, -0.25) is 4.79 Å². The summed E-state index contributed by atoms with van der Waals surface area (Å²) in [7, 11) is 0. The average Bonchev–Trinajstić information content (AvgIpc) is 2.27. The lowest BCUT2D eigenvalue weighted by molar-refractivity contribution is 0.0518. The van der Waals surface area contributed by atoms with E-state index in [0.717, 1.165) is 0 Å². The second kappa shape index (κ2) is 5.21. The Bertz CT molecular complexity index is 531. The first-order valence-electron chi connectivity index (χ1n) is 4.63. The van der Waals surface area contributed by atoms with Crippen LogP contribution in [-0.4, -0.2) is 17.6 Å². The van der Waals surface area contributed by atoms with Crippen molar-refractivity contribution in [3.63, 3.8) is 0 Å². The maximum Gasteiger partial charge on any atom is 0.354 e. The topological polar surface area (TPSA) is 82.9 Å². The number of halogens is 2. The predicted molar refractivity (Wildman–Crippen MR) is 52.7 cm³/mol. The number of esters is 1. The van der Waals surface area contributed by atoms with Crippen LogP contribution in [0.2, 0.25) is 0 Å². The first-order valence-corrected chi connectivity index (χ1v) is 4.63. The molecule has 0 fully saturated rings. The molecule has 0 bridgehead atoms. The zero-order valence-corrected chi connectivity index (χ0v) is 8.79. The molecule has 7 heteroatoms. The SMILES string of the molecule is CCOC(=O)c1cc(=O)c(C(F)F)c(C#N)[nH]1. The average molecular weight is 242 g/mol. The van der Waals surface area contributed by atoms with E-state index in [0.29, 0.717) is 6.07 Å². The number of aromatic nitrogens is 1. The van der Waals surface area contributed by atoms with Crippen LogP contribution in [0.5, 0.6) is 0 Å². The zero-order chi connectivity index (χ0) is 13.0. The van der Waals surface area contributed by atoms with Crippen LogP contribution in [0.3, 0.4) is 0 Å². The monoisotopic (exact) mass is 242 g/mol. The number of ether oxygens (including phenoxy) is 1. The van der Waals surface area contributed by atoms with Gasteiger partial charge in [-0.15, -0.1) is 0 Å². The summed E-state index contributed by atoms with van der Waals surface area (Å²) < 4.78 is 29.5. The van der Waals surface area contributed by atoms with E-state index < -0.39 is 29.1 Å². The van der Waals surface area contributed by atoms with E-state index >= 15 is 0 Å². The Morgan fingerprint density at radius 2 is 2.29 bits per heavy atom. The van der Waals surface area contributed by atoms with Gasteiger partial charge in [0.15, 0.2) is 5.43 Å². The number of nitriles is 1. The molecule has 0 atom stereocenters. The van der Waals surface area contributed by atoms with E-state index in [9.17, 15) is 18.4 Å². The number of aromatic amines is 1. The van der Waals surface area contributed by atoms with Gasteiger partial charge in [0.1, 0.15) is 17.5 Å². The highest BCUT2D eigenvalue weighted by atomic mass is 19.3. The number of hydrogen-bond donors (Lipinski definition) is 1. The van der Waals surface area contributed by atoms with Crippen LogP contribution in [0, 0.1) is 11.3 Å². The zero-order valence-electron chi connectivity index (χ0n) is 8.79. The van der Waals surface area contributed by atoms with Crippen LogP contribution in [0.25, 0.3) is 0 Å². The Kier molecular flexibility index (Phi) is 3.93. The quantitative estimate of drug-likeness (QED) is 0.811. The minimum Gasteiger partial charge on any atom is -0.461 e. The van der Waals surface area contributed by atoms with Crippen molar-refractivity contribution in [2.75, 3.05) is 6.61 Å². The van der Waals surface area contributed by atoms with Gasteiger partial charge in [-0.1, -0.05) is 0 Å². The molecule has 0 aliphatic heterocycles. The number of carbonyl (C=O) groups is 1. The fourth-order valence-corrected chi connectivity index (χ4v) is 1.19. The minimum absolute atomic E-state index is 0.0688. The van der Waals surface area contributed by atoms with E-state index in [4.69, 9.17) is 5.26 Å². The molecule has 0 aliphatic rings. The number of alkyl halides is 2. The molecule has 1 rings (SSSR count). The number of nitrogens with one attached hydrogen (secondary N) is 1. The molecule has 0 saturated heterocycles. The van der Waals surface area contributed by atoms with E-state index in [1.54, 1.807) is 6.92 Å². The Labute approximate surface area is 94.6 Å². The summed E-state index contributed by atoms with van der Waals surface area (Å²) in [5, 5.41) is 8.62. The standard InChI is InChI=1S/C10H8F2N2O3/c1-2-17-10(16)5-3-7(15)8(9(11)12)6(4-13)14-5/h3,9H,2H2,1H3,(H,14,15). The largest absolute Gasteiger partial charge is 0.461 e. The molecule has 90 valence electrons. The van der Waals surface area contributed by atoms with Crippen LogP contribution in [-0.2, 0) is 4.74 Å². The second-order valence-electron chi connectivity index (χ2n) is 2.97. The van der Waals surface area contributed by atoms with Crippen LogP contribution in [0.4, 0.5) is 8.78 Å². The van der Waals surface area contributed by atoms with Gasteiger partial charge in [-0.05, 0) is 6.92 Å². The molecule has 0 saturated carbocycles. The summed E-state index contributed by atoms with van der Waals surface area (Å²) in [5.41, 5.74) is -2.97. The van der Waals surface area contributed by atoms with Crippen molar-refractivity contribution in [2.24, 2.45) is 0 Å². The van der Waals surface area contributed by atoms with E-state index in [-0.39, 0.29) is 12.3 Å². The Balaban J connectivity index is 3.34. The van der Waals surface area contributed by atoms with Gasteiger partial charge in [-0.25, -0.2) is 13.6 Å². The van der Waals surface area contributed by atoms with E-state index in [2.05, 4.69) is 9.72 Å². The maximum atomic E-state index is 12.5. The highest BCUT2D eigenvalue weighted by Crippen LogP contribution is 2.17. The third-order valence-electron chi connectivity index (χ3n) is 1.90. The third kappa shape index (κ3) is 2.66. The molecule has 1 aromatic rings. The Morgan fingerprint density at radius 3 is 2.76 bits per heavy atom. The van der Waals surface area contributed by atoms with Gasteiger partial charge in [0, 0.05) is 6.07 Å². The molecule has 17 heavy (non-hydrogen) atoms. The Morgan fingerprint density at radius 1 is 1.65 bits per heavy atom. The number of nitrogens with zero attached hydrogens (tertiary/aromatic N) is 1. The summed E-state index contributed by atoms with van der Waals surface area (Å²) in [6.45, 7) is 1.62. The number of pyridine rings is 1. The first kappa shape index (κ1) is 12.8. The third-order valence-corrected chi connectivity index (χ3v) is 1.90. The minimum atomic E-state index is -3.08. The molecular weight excluding hydrogens is 234 g/mol. The van der Waals surface area contributed by atoms with Crippen molar-refractivity contribution in [2.45, 2.75) is 13.3 Å². The highest BCUT2D eigenvalue weighted by molar-refractivity contribution is 5.87.